The number of halogens is 2. The molecule has 3 aromatic carbocycles. The minimum atomic E-state index is -0.543. The lowest BCUT2D eigenvalue weighted by Crippen LogP contribution is -2.45. The van der Waals surface area contributed by atoms with Crippen LogP contribution in [0.1, 0.15) is 24.4 Å². The molecule has 0 saturated carbocycles. The second-order valence-electron chi connectivity index (χ2n) is 9.80. The first-order valence-corrected chi connectivity index (χ1v) is 13.7. The van der Waals surface area contributed by atoms with Gasteiger partial charge in [0.05, 0.1) is 36.3 Å². The third kappa shape index (κ3) is 7.44. The lowest BCUT2D eigenvalue weighted by atomic mass is 9.99. The maximum absolute atomic E-state index is 13.6. The van der Waals surface area contributed by atoms with Gasteiger partial charge in [0.25, 0.3) is 0 Å². The fourth-order valence-electron chi connectivity index (χ4n) is 4.92. The highest BCUT2D eigenvalue weighted by molar-refractivity contribution is 6.42. The molecule has 0 aromatic heterocycles. The summed E-state index contributed by atoms with van der Waals surface area (Å²) in [6.45, 7) is 2.59. The number of hydrogen-bond donors (Lipinski definition) is 1. The first kappa shape index (κ1) is 28.7. The van der Waals surface area contributed by atoms with E-state index < -0.39 is 5.91 Å². The van der Waals surface area contributed by atoms with Gasteiger partial charge in [0, 0.05) is 19.3 Å². The van der Waals surface area contributed by atoms with E-state index in [1.807, 2.05) is 31.3 Å². The molecule has 0 bridgehead atoms. The van der Waals surface area contributed by atoms with Crippen molar-refractivity contribution in [1.29, 1.82) is 0 Å². The number of nitrogens with zero attached hydrogens (tertiary/aromatic N) is 3. The molecule has 0 unspecified atom stereocenters. The Morgan fingerprint density at radius 1 is 0.949 bits per heavy atom. The lowest BCUT2D eigenvalue weighted by Gasteiger charge is -2.34. The average Bonchev–Trinajstić information content (AvgIpc) is 3.46. The predicted octanol–water partition coefficient (Wildman–Crippen LogP) is 5.26. The Kier molecular flexibility index (Phi) is 9.73. The third-order valence-electron chi connectivity index (χ3n) is 7.13. The molecule has 1 heterocycles. The second kappa shape index (κ2) is 13.2. The molecule has 2 amide bonds. The lowest BCUT2D eigenvalue weighted by molar-refractivity contribution is -0.131. The Morgan fingerprint density at radius 2 is 1.67 bits per heavy atom. The summed E-state index contributed by atoms with van der Waals surface area (Å²) >= 11 is 12.3. The number of nitrogens with two attached hydrogens (primary N) is 1. The molecule has 1 atom stereocenters. The fraction of sp³-hybridized carbons (Fsp3) is 0.333. The van der Waals surface area contributed by atoms with Crippen LogP contribution in [0.25, 0.3) is 11.1 Å². The summed E-state index contributed by atoms with van der Waals surface area (Å²) in [6.07, 6.45) is 2.31. The van der Waals surface area contributed by atoms with Crippen LogP contribution >= 0.6 is 23.2 Å². The largest absolute Gasteiger partial charge is 0.497 e. The van der Waals surface area contributed by atoms with Crippen molar-refractivity contribution in [2.75, 3.05) is 51.8 Å². The molecule has 1 saturated heterocycles. The Balaban J connectivity index is 1.57. The number of ether oxygens (including phenoxy) is 1. The molecule has 0 aliphatic carbocycles. The highest BCUT2D eigenvalue weighted by Crippen LogP contribution is 2.30. The van der Waals surface area contributed by atoms with E-state index in [0.29, 0.717) is 15.7 Å². The summed E-state index contributed by atoms with van der Waals surface area (Å²) in [5.41, 5.74) is 9.28. The van der Waals surface area contributed by atoms with Crippen molar-refractivity contribution in [3.63, 3.8) is 0 Å². The topological polar surface area (TPSA) is 79.1 Å². The number of carbonyl (C=O) groups is 2. The van der Waals surface area contributed by atoms with Gasteiger partial charge in [-0.25, -0.2) is 0 Å². The SMILES string of the molecule is COc1cccc(-c2ccc([C@H](CN3CCCC3)N(C)C(=O)CN(CC(N)=O)c3ccc(Cl)c(Cl)c3)cc2)c1. The van der Waals surface area contributed by atoms with E-state index >= 15 is 0 Å². The van der Waals surface area contributed by atoms with Crippen LogP contribution in [0.3, 0.4) is 0 Å². The van der Waals surface area contributed by atoms with Crippen molar-refractivity contribution in [2.45, 2.75) is 18.9 Å². The Morgan fingerprint density at radius 3 is 2.31 bits per heavy atom. The third-order valence-corrected chi connectivity index (χ3v) is 7.87. The number of anilines is 1. The maximum atomic E-state index is 13.6. The summed E-state index contributed by atoms with van der Waals surface area (Å²) in [7, 11) is 3.47. The summed E-state index contributed by atoms with van der Waals surface area (Å²) in [4.78, 5) is 31.3. The first-order chi connectivity index (χ1) is 18.7. The number of methoxy groups -OCH3 is 1. The summed E-state index contributed by atoms with van der Waals surface area (Å²) in [5, 5.41) is 0.735. The van der Waals surface area contributed by atoms with E-state index in [1.165, 1.54) is 0 Å². The zero-order valence-electron chi connectivity index (χ0n) is 22.3. The molecule has 3 aromatic rings. The van der Waals surface area contributed by atoms with E-state index in [-0.39, 0.29) is 25.0 Å². The number of hydrogen-bond acceptors (Lipinski definition) is 5. The number of benzene rings is 3. The number of likely N-dealkylation sites (N-methyl/N-ethyl adjacent to an activating group) is 1. The molecule has 39 heavy (non-hydrogen) atoms. The van der Waals surface area contributed by atoms with Gasteiger partial charge in [-0.2, -0.15) is 0 Å². The molecule has 0 spiro atoms. The highest BCUT2D eigenvalue weighted by atomic mass is 35.5. The molecule has 2 N–H and O–H groups in total. The van der Waals surface area contributed by atoms with E-state index in [2.05, 4.69) is 29.2 Å². The van der Waals surface area contributed by atoms with Gasteiger partial charge in [-0.1, -0.05) is 59.6 Å². The van der Waals surface area contributed by atoms with Crippen LogP contribution in [0.15, 0.2) is 66.7 Å². The van der Waals surface area contributed by atoms with E-state index in [4.69, 9.17) is 33.7 Å². The molecule has 206 valence electrons. The fourth-order valence-corrected chi connectivity index (χ4v) is 5.21. The van der Waals surface area contributed by atoms with Crippen molar-refractivity contribution in [3.05, 3.63) is 82.3 Å². The zero-order valence-corrected chi connectivity index (χ0v) is 23.8. The highest BCUT2D eigenvalue weighted by Gasteiger charge is 2.27. The molecule has 7 nitrogen and oxygen atoms in total. The Labute approximate surface area is 240 Å². The molecule has 9 heteroatoms. The van der Waals surface area contributed by atoms with Crippen LogP contribution < -0.4 is 15.4 Å². The standard InChI is InChI=1S/C30H34Cl2N4O3/c1-34(30(38)20-36(19-29(33)37)24-12-13-26(31)27(32)17-24)28(18-35-14-3-4-15-35)22-10-8-21(9-11-22)23-6-5-7-25(16-23)39-2/h5-13,16-17,28H,3-4,14-15,18-20H2,1-2H3,(H2,33,37)/t28-/m0/s1. The van der Waals surface area contributed by atoms with Crippen LogP contribution in [-0.4, -0.2) is 68.5 Å². The van der Waals surface area contributed by atoms with Crippen molar-refractivity contribution < 1.29 is 14.3 Å². The van der Waals surface area contributed by atoms with Gasteiger partial charge < -0.3 is 25.2 Å². The quantitative estimate of drug-likeness (QED) is 0.341. The predicted molar refractivity (Wildman–Crippen MR) is 157 cm³/mol. The Bertz CT molecular complexity index is 1300. The smallest absolute Gasteiger partial charge is 0.242 e. The number of likely N-dealkylation sites (tertiary alicyclic amines) is 1. The number of carbonyl (C=O) groups excluding carboxylic acids is 2. The molecule has 1 aliphatic rings. The van der Waals surface area contributed by atoms with Crippen molar-refractivity contribution in [3.8, 4) is 16.9 Å². The molecule has 1 aliphatic heterocycles. The Hall–Kier alpha value is -3.26. The molecular weight excluding hydrogens is 535 g/mol. The molecule has 0 radical (unpaired) electrons. The minimum Gasteiger partial charge on any atom is -0.497 e. The molecular formula is C30H34Cl2N4O3. The zero-order chi connectivity index (χ0) is 27.9. The van der Waals surface area contributed by atoms with E-state index in [1.54, 1.807) is 35.1 Å². The number of amides is 2. The van der Waals surface area contributed by atoms with Gasteiger partial charge in [-0.15, -0.1) is 0 Å². The first-order valence-electron chi connectivity index (χ1n) is 13.0. The van der Waals surface area contributed by atoms with E-state index in [9.17, 15) is 9.59 Å². The second-order valence-corrected chi connectivity index (χ2v) is 10.6. The maximum Gasteiger partial charge on any atom is 0.242 e. The molecule has 1 fully saturated rings. The van der Waals surface area contributed by atoms with Crippen molar-refractivity contribution in [2.24, 2.45) is 5.73 Å². The van der Waals surface area contributed by atoms with Gasteiger partial charge in [-0.3, -0.25) is 9.59 Å². The van der Waals surface area contributed by atoms with Crippen LogP contribution in [0.4, 0.5) is 5.69 Å². The van der Waals surface area contributed by atoms with Gasteiger partial charge in [-0.05, 0) is 73.0 Å². The van der Waals surface area contributed by atoms with Gasteiger partial charge in [0.15, 0.2) is 0 Å². The van der Waals surface area contributed by atoms with Crippen LogP contribution in [-0.2, 0) is 9.59 Å². The summed E-state index contributed by atoms with van der Waals surface area (Å²) in [6, 6.07) is 21.1. The van der Waals surface area contributed by atoms with Crippen LogP contribution in [0, 0.1) is 0 Å². The molecule has 4 rings (SSSR count). The van der Waals surface area contributed by atoms with Crippen molar-refractivity contribution in [1.82, 2.24) is 9.80 Å². The van der Waals surface area contributed by atoms with Crippen molar-refractivity contribution >= 4 is 40.7 Å². The van der Waals surface area contributed by atoms with Gasteiger partial charge in [0.2, 0.25) is 11.8 Å². The number of primary amides is 1. The monoisotopic (exact) mass is 568 g/mol. The number of rotatable bonds is 11. The van der Waals surface area contributed by atoms with Gasteiger partial charge >= 0.3 is 0 Å². The van der Waals surface area contributed by atoms with Crippen LogP contribution in [0.2, 0.25) is 10.0 Å². The summed E-state index contributed by atoms with van der Waals surface area (Å²) < 4.78 is 5.37. The van der Waals surface area contributed by atoms with Gasteiger partial charge in [0.1, 0.15) is 5.75 Å². The normalized spacial score (nSPS) is 14.2. The summed E-state index contributed by atoms with van der Waals surface area (Å²) in [5.74, 6) is 0.123. The average molecular weight is 570 g/mol. The van der Waals surface area contributed by atoms with E-state index in [0.717, 1.165) is 54.9 Å². The minimum absolute atomic E-state index is 0.0319. The van der Waals surface area contributed by atoms with Crippen LogP contribution in [0.5, 0.6) is 5.75 Å².